The summed E-state index contributed by atoms with van der Waals surface area (Å²) in [4.78, 5) is 5.15. The Bertz CT molecular complexity index is 270. The lowest BCUT2D eigenvalue weighted by atomic mass is 10.0. The molecule has 0 bridgehead atoms. The van der Waals surface area contributed by atoms with Crippen LogP contribution in [0.2, 0.25) is 0 Å². The van der Waals surface area contributed by atoms with Gasteiger partial charge in [-0.25, -0.2) is 0 Å². The molecule has 0 aliphatic carbocycles. The minimum atomic E-state index is -0.284. The number of rotatable bonds is 4. The van der Waals surface area contributed by atoms with Crippen LogP contribution in [0.15, 0.2) is 11.7 Å². The van der Waals surface area contributed by atoms with Crippen LogP contribution in [0.5, 0.6) is 0 Å². The van der Waals surface area contributed by atoms with Crippen molar-refractivity contribution in [3.05, 3.63) is 16.6 Å². The zero-order valence-corrected chi connectivity index (χ0v) is 9.58. The van der Waals surface area contributed by atoms with Crippen LogP contribution < -0.4 is 0 Å². The van der Waals surface area contributed by atoms with Gasteiger partial charge in [0.05, 0.1) is 17.7 Å². The molecule has 1 aliphatic heterocycles. The number of aromatic nitrogens is 1. The van der Waals surface area contributed by atoms with Crippen LogP contribution in [-0.4, -0.2) is 28.9 Å². The Labute approximate surface area is 94.1 Å². The predicted molar refractivity (Wildman–Crippen MR) is 60.0 cm³/mol. The lowest BCUT2D eigenvalue weighted by molar-refractivity contribution is -0.0146. The molecule has 0 spiro atoms. The monoisotopic (exact) mass is 227 g/mol. The summed E-state index contributed by atoms with van der Waals surface area (Å²) in [6.07, 6.45) is 6.78. The highest BCUT2D eigenvalue weighted by molar-refractivity contribution is 7.09. The van der Waals surface area contributed by atoms with E-state index in [2.05, 4.69) is 4.98 Å². The maximum atomic E-state index is 9.87. The molecule has 2 heterocycles. The van der Waals surface area contributed by atoms with Crippen molar-refractivity contribution in [2.75, 3.05) is 6.61 Å². The van der Waals surface area contributed by atoms with Crippen LogP contribution in [-0.2, 0) is 11.2 Å². The van der Waals surface area contributed by atoms with Crippen molar-refractivity contribution in [1.82, 2.24) is 4.98 Å². The van der Waals surface area contributed by atoms with E-state index in [0.717, 1.165) is 24.3 Å². The minimum Gasteiger partial charge on any atom is -0.393 e. The van der Waals surface area contributed by atoms with Crippen LogP contribution in [0.25, 0.3) is 0 Å². The van der Waals surface area contributed by atoms with Crippen LogP contribution in [0.1, 0.15) is 30.6 Å². The third kappa shape index (κ3) is 3.55. The molecule has 4 heteroatoms. The summed E-state index contributed by atoms with van der Waals surface area (Å²) in [5.41, 5.74) is 1.80. The third-order valence-electron chi connectivity index (χ3n) is 2.73. The molecule has 1 aromatic rings. The molecule has 1 N–H and O–H groups in total. The van der Waals surface area contributed by atoms with Crippen molar-refractivity contribution < 1.29 is 9.84 Å². The lowest BCUT2D eigenvalue weighted by Crippen LogP contribution is -2.25. The van der Waals surface area contributed by atoms with Crippen molar-refractivity contribution in [3.63, 3.8) is 0 Å². The zero-order valence-electron chi connectivity index (χ0n) is 8.76. The van der Waals surface area contributed by atoms with E-state index in [-0.39, 0.29) is 12.2 Å². The van der Waals surface area contributed by atoms with Gasteiger partial charge in [-0.05, 0) is 25.7 Å². The van der Waals surface area contributed by atoms with E-state index in [4.69, 9.17) is 4.74 Å². The maximum Gasteiger partial charge on any atom is 0.0794 e. The van der Waals surface area contributed by atoms with Gasteiger partial charge in [0.25, 0.3) is 0 Å². The van der Waals surface area contributed by atoms with Crippen molar-refractivity contribution in [2.45, 2.75) is 44.3 Å². The smallest absolute Gasteiger partial charge is 0.0794 e. The number of nitrogens with zero attached hydrogens (tertiary/aromatic N) is 1. The van der Waals surface area contributed by atoms with Gasteiger partial charge in [-0.15, -0.1) is 11.3 Å². The van der Waals surface area contributed by atoms with Gasteiger partial charge in [-0.2, -0.15) is 0 Å². The van der Waals surface area contributed by atoms with Crippen molar-refractivity contribution >= 4 is 11.3 Å². The highest BCUT2D eigenvalue weighted by Crippen LogP contribution is 2.19. The fourth-order valence-corrected chi connectivity index (χ4v) is 2.62. The van der Waals surface area contributed by atoms with Crippen LogP contribution >= 0.6 is 11.3 Å². The van der Waals surface area contributed by atoms with Gasteiger partial charge in [0, 0.05) is 24.1 Å². The average Bonchev–Trinajstić information content (AvgIpc) is 2.71. The first-order chi connectivity index (χ1) is 7.34. The SMILES string of the molecule is OC(Cc1cncs1)CC1CCCCO1. The van der Waals surface area contributed by atoms with Gasteiger partial charge >= 0.3 is 0 Å². The molecule has 1 fully saturated rings. The van der Waals surface area contributed by atoms with E-state index in [0.29, 0.717) is 6.42 Å². The van der Waals surface area contributed by atoms with E-state index in [9.17, 15) is 5.11 Å². The lowest BCUT2D eigenvalue weighted by Gasteiger charge is -2.24. The van der Waals surface area contributed by atoms with Gasteiger partial charge in [-0.1, -0.05) is 0 Å². The molecular formula is C11H17NO2S. The number of ether oxygens (including phenoxy) is 1. The third-order valence-corrected chi connectivity index (χ3v) is 3.53. The summed E-state index contributed by atoms with van der Waals surface area (Å²) in [5.74, 6) is 0. The Morgan fingerprint density at radius 1 is 1.60 bits per heavy atom. The van der Waals surface area contributed by atoms with Crippen LogP contribution in [0, 0.1) is 0 Å². The minimum absolute atomic E-state index is 0.265. The topological polar surface area (TPSA) is 42.4 Å². The summed E-state index contributed by atoms with van der Waals surface area (Å²) < 4.78 is 5.60. The molecule has 1 saturated heterocycles. The quantitative estimate of drug-likeness (QED) is 0.855. The Kier molecular flexibility index (Phi) is 4.11. The second-order valence-electron chi connectivity index (χ2n) is 4.05. The summed E-state index contributed by atoms with van der Waals surface area (Å²) in [5, 5.41) is 9.87. The van der Waals surface area contributed by atoms with Crippen LogP contribution in [0.4, 0.5) is 0 Å². The molecule has 0 radical (unpaired) electrons. The molecule has 2 atom stereocenters. The average molecular weight is 227 g/mol. The summed E-state index contributed by atoms with van der Waals surface area (Å²) in [7, 11) is 0. The Morgan fingerprint density at radius 2 is 2.53 bits per heavy atom. The molecule has 1 aliphatic rings. The van der Waals surface area contributed by atoms with Gasteiger partial charge < -0.3 is 9.84 Å². The number of thiazole rings is 1. The van der Waals surface area contributed by atoms with E-state index in [1.165, 1.54) is 12.8 Å². The van der Waals surface area contributed by atoms with Gasteiger partial charge in [0.1, 0.15) is 0 Å². The van der Waals surface area contributed by atoms with Gasteiger partial charge in [0.2, 0.25) is 0 Å². The van der Waals surface area contributed by atoms with E-state index in [1.54, 1.807) is 16.8 Å². The Hall–Kier alpha value is -0.450. The largest absolute Gasteiger partial charge is 0.393 e. The molecule has 15 heavy (non-hydrogen) atoms. The molecule has 0 saturated carbocycles. The van der Waals surface area contributed by atoms with Crippen LogP contribution in [0.3, 0.4) is 0 Å². The second-order valence-corrected chi connectivity index (χ2v) is 5.02. The van der Waals surface area contributed by atoms with Gasteiger partial charge in [-0.3, -0.25) is 4.98 Å². The molecule has 2 unspecified atom stereocenters. The highest BCUT2D eigenvalue weighted by atomic mass is 32.1. The number of hydrogen-bond donors (Lipinski definition) is 1. The molecule has 0 amide bonds. The molecule has 84 valence electrons. The molecule has 2 rings (SSSR count). The number of aliphatic hydroxyl groups excluding tert-OH is 1. The first-order valence-electron chi connectivity index (χ1n) is 5.51. The summed E-state index contributed by atoms with van der Waals surface area (Å²) >= 11 is 1.60. The predicted octanol–water partition coefficient (Wildman–Crippen LogP) is 2.01. The Balaban J connectivity index is 1.74. The standard InChI is InChI=1S/C11H17NO2S/c13-9(6-11-7-12-8-15-11)5-10-3-1-2-4-14-10/h7-10,13H,1-6H2. The fraction of sp³-hybridized carbons (Fsp3) is 0.727. The number of hydrogen-bond acceptors (Lipinski definition) is 4. The molecular weight excluding hydrogens is 210 g/mol. The van der Waals surface area contributed by atoms with Crippen molar-refractivity contribution in [3.8, 4) is 0 Å². The normalized spacial score (nSPS) is 23.9. The van der Waals surface area contributed by atoms with E-state index >= 15 is 0 Å². The summed E-state index contributed by atoms with van der Waals surface area (Å²) in [6.45, 7) is 0.859. The fourth-order valence-electron chi connectivity index (χ4n) is 1.96. The van der Waals surface area contributed by atoms with E-state index < -0.39 is 0 Å². The first kappa shape index (κ1) is 11.0. The Morgan fingerprint density at radius 3 is 3.20 bits per heavy atom. The maximum absolute atomic E-state index is 9.87. The second kappa shape index (κ2) is 5.58. The summed E-state index contributed by atoms with van der Waals surface area (Å²) in [6, 6.07) is 0. The zero-order chi connectivity index (χ0) is 10.5. The van der Waals surface area contributed by atoms with Gasteiger partial charge in [0.15, 0.2) is 0 Å². The van der Waals surface area contributed by atoms with Crippen molar-refractivity contribution in [1.29, 1.82) is 0 Å². The molecule has 3 nitrogen and oxygen atoms in total. The highest BCUT2D eigenvalue weighted by Gasteiger charge is 2.18. The first-order valence-corrected chi connectivity index (χ1v) is 6.39. The molecule has 0 aromatic carbocycles. The van der Waals surface area contributed by atoms with E-state index in [1.807, 2.05) is 6.20 Å². The number of aliphatic hydroxyl groups is 1. The van der Waals surface area contributed by atoms with Crippen molar-refractivity contribution in [2.24, 2.45) is 0 Å². The molecule has 1 aromatic heterocycles.